The van der Waals surface area contributed by atoms with Crippen LogP contribution >= 0.6 is 7.82 Å². The number of aromatic nitrogens is 7. The number of nitrogen functional groups attached to an aromatic ring is 2. The Balaban J connectivity index is 1.32. The topological polar surface area (TPSA) is 297 Å². The molecular formula is C22H32N9O12P. The van der Waals surface area contributed by atoms with Gasteiger partial charge in [0.25, 0.3) is 5.56 Å². The largest absolute Gasteiger partial charge is 0.472 e. The van der Waals surface area contributed by atoms with E-state index in [9.17, 15) is 29.3 Å². The number of hydrogen-bond donors (Lipinski definition) is 6. The van der Waals surface area contributed by atoms with E-state index in [2.05, 4.69) is 24.9 Å². The average Bonchev–Trinajstić information content (AvgIpc) is 3.62. The average molecular weight is 646 g/mol. The van der Waals surface area contributed by atoms with E-state index < -0.39 is 81.4 Å². The van der Waals surface area contributed by atoms with Gasteiger partial charge in [-0.2, -0.15) is 9.97 Å². The number of ether oxygens (including phenoxy) is 4. The molecule has 44 heavy (non-hydrogen) atoms. The van der Waals surface area contributed by atoms with Crippen LogP contribution in [0.2, 0.25) is 0 Å². The fourth-order valence-corrected chi connectivity index (χ4v) is 6.00. The van der Waals surface area contributed by atoms with Gasteiger partial charge < -0.3 is 45.5 Å². The second-order valence-corrected chi connectivity index (χ2v) is 11.1. The highest BCUT2D eigenvalue weighted by Crippen LogP contribution is 2.49. The highest BCUT2D eigenvalue weighted by atomic mass is 31.2. The molecule has 2 saturated heterocycles. The van der Waals surface area contributed by atoms with Crippen LogP contribution in [-0.4, -0.2) is 112 Å². The molecule has 0 radical (unpaired) electrons. The maximum Gasteiger partial charge on any atom is 0.472 e. The van der Waals surface area contributed by atoms with Crippen LogP contribution in [0.3, 0.4) is 0 Å². The molecule has 8 N–H and O–H groups in total. The lowest BCUT2D eigenvalue weighted by molar-refractivity contribution is -0.0732. The maximum atomic E-state index is 13.1. The van der Waals surface area contributed by atoms with Crippen LogP contribution in [0.15, 0.2) is 22.2 Å². The number of imidazole rings is 1. The van der Waals surface area contributed by atoms with E-state index in [4.69, 9.17) is 39.5 Å². The van der Waals surface area contributed by atoms with E-state index in [0.29, 0.717) is 0 Å². The predicted octanol–water partition coefficient (Wildman–Crippen LogP) is -2.60. The van der Waals surface area contributed by atoms with E-state index in [1.54, 1.807) is 13.8 Å². The monoisotopic (exact) mass is 645 g/mol. The SMILES string of the molecule is CCO[C@H]1[C@@H](OP(=O)(O)OC[C@H]2O[C@@H](n3cnc4c(=O)[nH]c(N)nc43)[C@@H](OCC)[C@H]2O)[C@@H](CO)O[C@H]1n1cnc(N)nc1=O. The summed E-state index contributed by atoms with van der Waals surface area (Å²) in [5.41, 5.74) is 9.73. The van der Waals surface area contributed by atoms with Gasteiger partial charge in [-0.1, -0.05) is 0 Å². The quantitative estimate of drug-likeness (QED) is 0.110. The molecule has 3 aromatic heterocycles. The molecule has 2 fully saturated rings. The van der Waals surface area contributed by atoms with Crippen molar-refractivity contribution in [1.29, 1.82) is 0 Å². The van der Waals surface area contributed by atoms with Gasteiger partial charge in [0.2, 0.25) is 11.9 Å². The molecular weight excluding hydrogens is 613 g/mol. The summed E-state index contributed by atoms with van der Waals surface area (Å²) in [5.74, 6) is -0.454. The molecule has 0 aliphatic carbocycles. The van der Waals surface area contributed by atoms with Gasteiger partial charge in [-0.3, -0.25) is 28.0 Å². The van der Waals surface area contributed by atoms with Crippen molar-refractivity contribution >= 4 is 30.9 Å². The highest BCUT2D eigenvalue weighted by molar-refractivity contribution is 7.47. The molecule has 0 amide bonds. The zero-order valence-corrected chi connectivity index (χ0v) is 24.3. The Morgan fingerprint density at radius 1 is 1.00 bits per heavy atom. The molecule has 2 aliphatic heterocycles. The van der Waals surface area contributed by atoms with Gasteiger partial charge in [-0.25, -0.2) is 19.3 Å². The molecule has 5 heterocycles. The number of hydrogen-bond acceptors (Lipinski definition) is 17. The van der Waals surface area contributed by atoms with Gasteiger partial charge in [-0.15, -0.1) is 0 Å². The smallest absolute Gasteiger partial charge is 0.394 e. The van der Waals surface area contributed by atoms with Gasteiger partial charge in [-0.05, 0) is 13.8 Å². The second-order valence-electron chi connectivity index (χ2n) is 9.66. The Morgan fingerprint density at radius 2 is 1.66 bits per heavy atom. The standard InChI is InChI=1S/C22H32N9O12P/c1-3-38-14-12(33)10(42-18(14)30-7-25-11-16(30)27-21(24)28-17(11)34)6-40-44(36,37)43-13-9(5-32)41-19(15(13)39-4-2)31-8-26-20(23)29-22(31)35/h7-10,12-15,18-19,32-33H,3-6H2,1-2H3,(H,36,37)(H2,23,29,35)(H3,24,27,28,34)/t9-,10-,12+,13+,14+,15+,18-,19-/m1/s1. The molecule has 21 nitrogen and oxygen atoms in total. The summed E-state index contributed by atoms with van der Waals surface area (Å²) in [4.78, 5) is 53.1. The minimum Gasteiger partial charge on any atom is -0.394 e. The van der Waals surface area contributed by atoms with Crippen LogP contribution in [0.1, 0.15) is 26.3 Å². The molecule has 5 rings (SSSR count). The van der Waals surface area contributed by atoms with Gasteiger partial charge in [0.15, 0.2) is 23.6 Å². The molecule has 3 aromatic rings. The fourth-order valence-electron chi connectivity index (χ4n) is 5.04. The lowest BCUT2D eigenvalue weighted by Gasteiger charge is -2.26. The number of aliphatic hydroxyl groups is 2. The summed E-state index contributed by atoms with van der Waals surface area (Å²) in [6, 6.07) is 0. The summed E-state index contributed by atoms with van der Waals surface area (Å²) in [6.45, 7) is 2.20. The lowest BCUT2D eigenvalue weighted by atomic mass is 10.1. The van der Waals surface area contributed by atoms with E-state index in [0.717, 1.165) is 10.9 Å². The number of nitrogens with two attached hydrogens (primary N) is 2. The summed E-state index contributed by atoms with van der Waals surface area (Å²) in [7, 11) is -4.97. The number of rotatable bonds is 12. The fraction of sp³-hybridized carbons (Fsp3) is 0.636. The van der Waals surface area contributed by atoms with Crippen molar-refractivity contribution in [2.75, 3.05) is 37.9 Å². The molecule has 1 unspecified atom stereocenters. The van der Waals surface area contributed by atoms with E-state index in [1.165, 1.54) is 10.9 Å². The first-order chi connectivity index (χ1) is 21.0. The molecule has 0 saturated carbocycles. The van der Waals surface area contributed by atoms with Crippen molar-refractivity contribution in [2.24, 2.45) is 0 Å². The minimum absolute atomic E-state index is 0.0346. The highest BCUT2D eigenvalue weighted by Gasteiger charge is 2.51. The normalized spacial score (nSPS) is 30.2. The van der Waals surface area contributed by atoms with Crippen molar-refractivity contribution in [3.63, 3.8) is 0 Å². The number of nitrogens with one attached hydrogen (secondary N) is 1. The Kier molecular flexibility index (Phi) is 9.41. The van der Waals surface area contributed by atoms with Crippen molar-refractivity contribution in [2.45, 2.75) is 62.9 Å². The predicted molar refractivity (Wildman–Crippen MR) is 146 cm³/mol. The first-order valence-corrected chi connectivity index (χ1v) is 14.9. The summed E-state index contributed by atoms with van der Waals surface area (Å²) >= 11 is 0. The third-order valence-electron chi connectivity index (χ3n) is 6.90. The number of nitrogens with zero attached hydrogens (tertiary/aromatic N) is 6. The van der Waals surface area contributed by atoms with Crippen LogP contribution in [0, 0.1) is 0 Å². The molecule has 9 atom stereocenters. The number of aromatic amines is 1. The van der Waals surface area contributed by atoms with Gasteiger partial charge in [0.1, 0.15) is 43.0 Å². The van der Waals surface area contributed by atoms with Crippen LogP contribution in [0.25, 0.3) is 11.2 Å². The third kappa shape index (κ3) is 6.24. The molecule has 0 aromatic carbocycles. The second kappa shape index (κ2) is 12.9. The van der Waals surface area contributed by atoms with Gasteiger partial charge >= 0.3 is 13.5 Å². The Labute approximate surface area is 247 Å². The Bertz CT molecular complexity index is 1630. The number of anilines is 2. The van der Waals surface area contributed by atoms with Gasteiger partial charge in [0, 0.05) is 13.2 Å². The van der Waals surface area contributed by atoms with Crippen molar-refractivity contribution in [3.05, 3.63) is 33.5 Å². The lowest BCUT2D eigenvalue weighted by Crippen LogP contribution is -2.40. The molecule has 242 valence electrons. The Hall–Kier alpha value is -3.37. The molecule has 0 bridgehead atoms. The minimum atomic E-state index is -4.97. The first kappa shape index (κ1) is 32.0. The summed E-state index contributed by atoms with van der Waals surface area (Å²) < 4.78 is 49.0. The van der Waals surface area contributed by atoms with E-state index in [-0.39, 0.29) is 36.3 Å². The molecule has 2 aliphatic rings. The van der Waals surface area contributed by atoms with E-state index >= 15 is 0 Å². The zero-order chi connectivity index (χ0) is 31.8. The van der Waals surface area contributed by atoms with Crippen LogP contribution in [-0.2, 0) is 32.6 Å². The zero-order valence-electron chi connectivity index (χ0n) is 23.4. The van der Waals surface area contributed by atoms with Crippen molar-refractivity contribution in [1.82, 2.24) is 34.1 Å². The van der Waals surface area contributed by atoms with Gasteiger partial charge in [0.05, 0.1) is 19.5 Å². The Morgan fingerprint density at radius 3 is 2.34 bits per heavy atom. The first-order valence-electron chi connectivity index (χ1n) is 13.4. The third-order valence-corrected chi connectivity index (χ3v) is 7.88. The van der Waals surface area contributed by atoms with Crippen LogP contribution < -0.4 is 22.7 Å². The van der Waals surface area contributed by atoms with Crippen LogP contribution in [0.5, 0.6) is 0 Å². The molecule has 0 spiro atoms. The number of aliphatic hydroxyl groups excluding tert-OH is 2. The van der Waals surface area contributed by atoms with Crippen molar-refractivity contribution in [3.8, 4) is 0 Å². The van der Waals surface area contributed by atoms with Crippen LogP contribution in [0.4, 0.5) is 11.9 Å². The number of phosphoric acid groups is 1. The molecule has 22 heteroatoms. The maximum absolute atomic E-state index is 13.1. The van der Waals surface area contributed by atoms with Crippen molar-refractivity contribution < 1.29 is 47.7 Å². The number of fused-ring (bicyclic) bond motifs is 1. The number of H-pyrrole nitrogens is 1. The van der Waals surface area contributed by atoms with E-state index in [1.807, 2.05) is 0 Å². The summed E-state index contributed by atoms with van der Waals surface area (Å²) in [5, 5.41) is 20.9. The summed E-state index contributed by atoms with van der Waals surface area (Å²) in [6.07, 6.45) is -7.49. The number of phosphoric ester groups is 1.